The Morgan fingerprint density at radius 3 is 2.04 bits per heavy atom. The summed E-state index contributed by atoms with van der Waals surface area (Å²) in [6.07, 6.45) is 0.0662. The Morgan fingerprint density at radius 2 is 1.44 bits per heavy atom. The van der Waals surface area contributed by atoms with Gasteiger partial charge in [0.05, 0.1) is 15.6 Å². The highest BCUT2D eigenvalue weighted by Gasteiger charge is 2.36. The van der Waals surface area contributed by atoms with E-state index < -0.39 is 51.6 Å². The number of rotatable bonds is 11. The summed E-state index contributed by atoms with van der Waals surface area (Å²) in [7, 11) is -4.40. The number of carbonyl (C=O) groups is 2. The van der Waals surface area contributed by atoms with E-state index in [-0.39, 0.29) is 34.1 Å². The van der Waals surface area contributed by atoms with E-state index in [1.54, 1.807) is 57.2 Å². The van der Waals surface area contributed by atoms with E-state index in [9.17, 15) is 22.4 Å². The third kappa shape index (κ3) is 8.67. The van der Waals surface area contributed by atoms with Gasteiger partial charge in [-0.25, -0.2) is 17.2 Å². The first-order chi connectivity index (χ1) is 21.3. The van der Waals surface area contributed by atoms with Crippen LogP contribution < -0.4 is 9.62 Å². The van der Waals surface area contributed by atoms with E-state index in [2.05, 4.69) is 5.32 Å². The molecule has 7 nitrogen and oxygen atoms in total. The Hall–Kier alpha value is -4.28. The van der Waals surface area contributed by atoms with E-state index in [1.165, 1.54) is 53.4 Å². The van der Waals surface area contributed by atoms with Crippen LogP contribution in [0.2, 0.25) is 5.02 Å². The predicted molar refractivity (Wildman–Crippen MR) is 171 cm³/mol. The Bertz CT molecular complexity index is 1750. The molecule has 45 heavy (non-hydrogen) atoms. The molecule has 0 aliphatic carbocycles. The Kier molecular flexibility index (Phi) is 10.6. The van der Waals surface area contributed by atoms with Gasteiger partial charge in [0, 0.05) is 24.1 Å². The summed E-state index contributed by atoms with van der Waals surface area (Å²) in [5.74, 6) is -2.66. The number of nitrogens with zero attached hydrogens (tertiary/aromatic N) is 2. The zero-order valence-electron chi connectivity index (χ0n) is 25.1. The summed E-state index contributed by atoms with van der Waals surface area (Å²) in [4.78, 5) is 29.3. The van der Waals surface area contributed by atoms with Gasteiger partial charge in [0.2, 0.25) is 11.8 Å². The molecule has 2 amide bonds. The standard InChI is InChI=1S/C34H34ClF2N3O4S/c1-34(2,3)38-33(42)31(20-24-12-6-4-7-13-24)39(22-25-14-10-11-17-29(25)36)32(41)23-40(26-18-19-30(37)28(35)21-26)45(43,44)27-15-8-5-9-16-27/h4-19,21,31H,20,22-23H2,1-3H3,(H,38,42)/t31-/m1/s1. The number of hydrogen-bond acceptors (Lipinski definition) is 4. The fraction of sp³-hybridized carbons (Fsp3) is 0.235. The molecule has 0 fully saturated rings. The van der Waals surface area contributed by atoms with Crippen molar-refractivity contribution < 1.29 is 26.8 Å². The molecule has 0 heterocycles. The van der Waals surface area contributed by atoms with Gasteiger partial charge >= 0.3 is 0 Å². The quantitative estimate of drug-likeness (QED) is 0.204. The van der Waals surface area contributed by atoms with Gasteiger partial charge in [-0.05, 0) is 62.7 Å². The molecule has 0 aromatic heterocycles. The lowest BCUT2D eigenvalue weighted by Gasteiger charge is -2.35. The molecule has 4 aromatic carbocycles. The average molecular weight is 654 g/mol. The second-order valence-electron chi connectivity index (χ2n) is 11.5. The van der Waals surface area contributed by atoms with Crippen molar-refractivity contribution in [3.05, 3.63) is 131 Å². The van der Waals surface area contributed by atoms with Crippen molar-refractivity contribution in [3.8, 4) is 0 Å². The number of sulfonamides is 1. The molecule has 0 saturated carbocycles. The van der Waals surface area contributed by atoms with Crippen molar-refractivity contribution in [2.45, 2.75) is 50.2 Å². The molecule has 4 rings (SSSR count). The molecule has 1 atom stereocenters. The molecule has 0 saturated heterocycles. The maximum atomic E-state index is 15.0. The topological polar surface area (TPSA) is 86.8 Å². The summed E-state index contributed by atoms with van der Waals surface area (Å²) in [6, 6.07) is 24.4. The highest BCUT2D eigenvalue weighted by molar-refractivity contribution is 7.92. The fourth-order valence-corrected chi connectivity index (χ4v) is 6.31. The summed E-state index contributed by atoms with van der Waals surface area (Å²) in [6.45, 7) is 4.26. The minimum absolute atomic E-state index is 0.0662. The molecule has 0 radical (unpaired) electrons. The minimum atomic E-state index is -4.40. The molecular weight excluding hydrogens is 620 g/mol. The first-order valence-corrected chi connectivity index (χ1v) is 16.0. The number of benzene rings is 4. The van der Waals surface area contributed by atoms with Gasteiger partial charge in [0.25, 0.3) is 10.0 Å². The maximum absolute atomic E-state index is 15.0. The van der Waals surface area contributed by atoms with Crippen LogP contribution in [0.1, 0.15) is 31.9 Å². The lowest BCUT2D eigenvalue weighted by molar-refractivity contribution is -0.140. The molecular formula is C34H34ClF2N3O4S. The first kappa shape index (κ1) is 33.6. The molecule has 11 heteroatoms. The van der Waals surface area contributed by atoms with Crippen LogP contribution in [-0.2, 0) is 32.6 Å². The smallest absolute Gasteiger partial charge is 0.264 e. The molecule has 0 bridgehead atoms. The number of hydrogen-bond donors (Lipinski definition) is 1. The monoisotopic (exact) mass is 653 g/mol. The molecule has 0 spiro atoms. The van der Waals surface area contributed by atoms with Crippen LogP contribution in [0.3, 0.4) is 0 Å². The van der Waals surface area contributed by atoms with E-state index in [0.717, 1.165) is 22.0 Å². The SMILES string of the molecule is CC(C)(C)NC(=O)[C@@H](Cc1ccccc1)N(Cc1ccccc1F)C(=O)CN(c1ccc(F)c(Cl)c1)S(=O)(=O)c1ccccc1. The van der Waals surface area contributed by atoms with E-state index >= 15 is 4.39 Å². The van der Waals surface area contributed by atoms with E-state index in [0.29, 0.717) is 0 Å². The first-order valence-electron chi connectivity index (χ1n) is 14.2. The Morgan fingerprint density at radius 1 is 0.844 bits per heavy atom. The van der Waals surface area contributed by atoms with Gasteiger partial charge in [-0.15, -0.1) is 0 Å². The molecule has 0 aliphatic heterocycles. The highest BCUT2D eigenvalue weighted by atomic mass is 35.5. The number of halogens is 3. The average Bonchev–Trinajstić information content (AvgIpc) is 3.00. The summed E-state index contributed by atoms with van der Waals surface area (Å²) in [5, 5.41) is 2.57. The third-order valence-electron chi connectivity index (χ3n) is 6.87. The van der Waals surface area contributed by atoms with Crippen LogP contribution in [0, 0.1) is 11.6 Å². The second kappa shape index (κ2) is 14.2. The maximum Gasteiger partial charge on any atom is 0.264 e. The molecule has 0 aliphatic rings. The molecule has 236 valence electrons. The van der Waals surface area contributed by atoms with Gasteiger partial charge in [-0.1, -0.05) is 78.3 Å². The van der Waals surface area contributed by atoms with Crippen LogP contribution >= 0.6 is 11.6 Å². The third-order valence-corrected chi connectivity index (χ3v) is 8.95. The number of anilines is 1. The Labute approximate surface area is 267 Å². The van der Waals surface area contributed by atoms with Crippen molar-refractivity contribution in [1.82, 2.24) is 10.2 Å². The largest absolute Gasteiger partial charge is 0.350 e. The lowest BCUT2D eigenvalue weighted by atomic mass is 10.0. The number of carbonyl (C=O) groups excluding carboxylic acids is 2. The van der Waals surface area contributed by atoms with Crippen molar-refractivity contribution in [1.29, 1.82) is 0 Å². The summed E-state index contributed by atoms with van der Waals surface area (Å²) < 4.78 is 57.9. The lowest BCUT2D eigenvalue weighted by Crippen LogP contribution is -2.56. The van der Waals surface area contributed by atoms with Crippen LogP contribution in [0.5, 0.6) is 0 Å². The highest BCUT2D eigenvalue weighted by Crippen LogP contribution is 2.29. The second-order valence-corrected chi connectivity index (χ2v) is 13.8. The van der Waals surface area contributed by atoms with Gasteiger partial charge in [0.1, 0.15) is 24.2 Å². The number of amides is 2. The molecule has 0 unspecified atom stereocenters. The molecule has 4 aromatic rings. The van der Waals surface area contributed by atoms with Crippen molar-refractivity contribution in [2.75, 3.05) is 10.8 Å². The zero-order chi connectivity index (χ0) is 32.8. The zero-order valence-corrected chi connectivity index (χ0v) is 26.7. The van der Waals surface area contributed by atoms with Gasteiger partial charge < -0.3 is 10.2 Å². The van der Waals surface area contributed by atoms with Crippen LogP contribution in [0.25, 0.3) is 0 Å². The Balaban J connectivity index is 1.84. The van der Waals surface area contributed by atoms with Crippen LogP contribution in [0.4, 0.5) is 14.5 Å². The fourth-order valence-electron chi connectivity index (χ4n) is 4.71. The number of nitrogens with one attached hydrogen (secondary N) is 1. The minimum Gasteiger partial charge on any atom is -0.350 e. The van der Waals surface area contributed by atoms with E-state index in [1.807, 2.05) is 6.07 Å². The van der Waals surface area contributed by atoms with Crippen molar-refractivity contribution >= 4 is 39.1 Å². The normalized spacial score (nSPS) is 12.3. The molecule has 1 N–H and O–H groups in total. The van der Waals surface area contributed by atoms with Crippen LogP contribution in [0.15, 0.2) is 108 Å². The van der Waals surface area contributed by atoms with Crippen molar-refractivity contribution in [2.24, 2.45) is 0 Å². The van der Waals surface area contributed by atoms with Gasteiger partial charge in [-0.2, -0.15) is 0 Å². The van der Waals surface area contributed by atoms with Gasteiger partial charge in [-0.3, -0.25) is 13.9 Å². The predicted octanol–water partition coefficient (Wildman–Crippen LogP) is 6.37. The van der Waals surface area contributed by atoms with Gasteiger partial charge in [0.15, 0.2) is 0 Å². The summed E-state index contributed by atoms with van der Waals surface area (Å²) in [5.41, 5.74) is 0.127. The summed E-state index contributed by atoms with van der Waals surface area (Å²) >= 11 is 6.04. The van der Waals surface area contributed by atoms with Crippen LogP contribution in [-0.4, -0.2) is 43.3 Å². The van der Waals surface area contributed by atoms with E-state index in [4.69, 9.17) is 11.6 Å². The van der Waals surface area contributed by atoms with Crippen molar-refractivity contribution in [3.63, 3.8) is 0 Å².